The molecule has 8 nitrogen and oxygen atoms in total. The van der Waals surface area contributed by atoms with Crippen molar-refractivity contribution in [3.8, 4) is 0 Å². The molecular weight excluding hydrogens is 441 g/mol. The van der Waals surface area contributed by atoms with E-state index in [2.05, 4.69) is 10.3 Å². The number of nitrogens with one attached hydrogen (secondary N) is 1. The maximum atomic E-state index is 13.0. The van der Waals surface area contributed by atoms with E-state index in [9.17, 15) is 27.9 Å². The third-order valence-corrected chi connectivity index (χ3v) is 5.25. The largest absolute Gasteiger partial charge is 0.416 e. The Morgan fingerprint density at radius 1 is 1.21 bits per heavy atom. The highest BCUT2D eigenvalue weighted by Gasteiger charge is 2.31. The quantitative estimate of drug-likeness (QED) is 0.587. The number of aliphatic hydroxyl groups is 1. The summed E-state index contributed by atoms with van der Waals surface area (Å²) in [4.78, 5) is 30.9. The zero-order valence-electron chi connectivity index (χ0n) is 17.4. The van der Waals surface area contributed by atoms with E-state index in [0.717, 1.165) is 18.2 Å². The molecule has 2 amide bonds. The van der Waals surface area contributed by atoms with Crippen LogP contribution in [0.4, 0.5) is 24.8 Å². The van der Waals surface area contributed by atoms with Crippen LogP contribution in [0, 0.1) is 0 Å². The number of imidazole rings is 1. The minimum Gasteiger partial charge on any atom is -0.396 e. The van der Waals surface area contributed by atoms with Gasteiger partial charge in [-0.05, 0) is 42.8 Å². The van der Waals surface area contributed by atoms with Crippen LogP contribution in [0.1, 0.15) is 22.3 Å². The molecule has 3 aromatic rings. The molecule has 0 bridgehead atoms. The highest BCUT2D eigenvalue weighted by molar-refractivity contribution is 6.04. The molecule has 2 heterocycles. The fourth-order valence-electron chi connectivity index (χ4n) is 3.64. The van der Waals surface area contributed by atoms with Gasteiger partial charge in [-0.15, -0.1) is 0 Å². The third-order valence-electron chi connectivity index (χ3n) is 5.25. The van der Waals surface area contributed by atoms with Gasteiger partial charge in [-0.1, -0.05) is 6.07 Å². The number of alkyl halides is 3. The molecule has 4 rings (SSSR count). The number of hydrogen-bond donors (Lipinski definition) is 2. The van der Waals surface area contributed by atoms with E-state index in [4.69, 9.17) is 4.74 Å². The van der Waals surface area contributed by atoms with Crippen LogP contribution in [-0.2, 0) is 22.3 Å². The van der Waals surface area contributed by atoms with Crippen LogP contribution in [0.5, 0.6) is 0 Å². The molecule has 11 heteroatoms. The number of carbonyl (C=O) groups excluding carboxylic acids is 2. The van der Waals surface area contributed by atoms with Crippen LogP contribution in [-0.4, -0.2) is 52.8 Å². The van der Waals surface area contributed by atoms with Crippen LogP contribution in [0.15, 0.2) is 42.5 Å². The molecule has 1 aliphatic rings. The zero-order valence-corrected chi connectivity index (χ0v) is 17.4. The number of nitrogens with zero attached hydrogens (tertiary/aromatic N) is 3. The van der Waals surface area contributed by atoms with Crippen molar-refractivity contribution in [2.24, 2.45) is 0 Å². The van der Waals surface area contributed by atoms with Gasteiger partial charge in [-0.3, -0.25) is 14.9 Å². The summed E-state index contributed by atoms with van der Waals surface area (Å²) in [7, 11) is 0. The van der Waals surface area contributed by atoms with Crippen LogP contribution in [0.25, 0.3) is 11.0 Å². The predicted octanol–water partition coefficient (Wildman–Crippen LogP) is 3.05. The monoisotopic (exact) mass is 462 g/mol. The van der Waals surface area contributed by atoms with Crippen LogP contribution >= 0.6 is 0 Å². The number of anilines is 2. The first kappa shape index (κ1) is 22.7. The molecular formula is C22H21F3N4O4. The molecule has 0 unspecified atom stereocenters. The molecule has 0 saturated carbocycles. The molecule has 174 valence electrons. The number of aromatic nitrogens is 2. The van der Waals surface area contributed by atoms with Crippen molar-refractivity contribution in [3.05, 3.63) is 53.6 Å². The number of aryl methyl sites for hydroxylation is 1. The molecule has 1 aliphatic heterocycles. The molecule has 0 radical (unpaired) electrons. The molecule has 1 aromatic heterocycles. The Morgan fingerprint density at radius 2 is 2.03 bits per heavy atom. The maximum Gasteiger partial charge on any atom is 0.416 e. The van der Waals surface area contributed by atoms with Gasteiger partial charge in [0, 0.05) is 30.9 Å². The SMILES string of the molecule is O=C(Nc1nc2cc(N3CCOCC3=O)ccc2n1CCCO)c1cccc(C(F)(F)F)c1. The maximum absolute atomic E-state index is 13.0. The second-order valence-corrected chi connectivity index (χ2v) is 7.47. The number of fused-ring (bicyclic) bond motifs is 1. The minimum absolute atomic E-state index is 0.0126. The van der Waals surface area contributed by atoms with Crippen molar-refractivity contribution in [1.29, 1.82) is 0 Å². The van der Waals surface area contributed by atoms with Gasteiger partial charge in [-0.25, -0.2) is 4.98 Å². The van der Waals surface area contributed by atoms with Gasteiger partial charge in [0.2, 0.25) is 5.95 Å². The summed E-state index contributed by atoms with van der Waals surface area (Å²) in [6.07, 6.45) is -4.19. The summed E-state index contributed by atoms with van der Waals surface area (Å²) in [5.41, 5.74) is 0.670. The lowest BCUT2D eigenvalue weighted by molar-refractivity contribution is -0.137. The standard InChI is InChI=1S/C22H21F3N4O4/c23-22(24,25)15-4-1-3-14(11-15)20(32)27-21-26-17-12-16(28-8-10-33-13-19(28)31)5-6-18(17)29(21)7-2-9-30/h1,3-6,11-12,30H,2,7-10,13H2,(H,26,27,32). The Bertz CT molecular complexity index is 1190. The Hall–Kier alpha value is -3.44. The van der Waals surface area contributed by atoms with E-state index < -0.39 is 17.6 Å². The highest BCUT2D eigenvalue weighted by atomic mass is 19.4. The Kier molecular flexibility index (Phi) is 6.34. The molecule has 0 aliphatic carbocycles. The summed E-state index contributed by atoms with van der Waals surface area (Å²) < 4.78 is 45.9. The number of amides is 2. The third kappa shape index (κ3) is 4.83. The number of halogens is 3. The van der Waals surface area contributed by atoms with Gasteiger partial charge in [0.25, 0.3) is 11.8 Å². The zero-order chi connectivity index (χ0) is 23.6. The van der Waals surface area contributed by atoms with Gasteiger partial charge in [0.1, 0.15) is 6.61 Å². The van der Waals surface area contributed by atoms with Gasteiger partial charge < -0.3 is 19.3 Å². The fourth-order valence-corrected chi connectivity index (χ4v) is 3.64. The number of ether oxygens (including phenoxy) is 1. The number of morpholine rings is 1. The van der Waals surface area contributed by atoms with Gasteiger partial charge in [-0.2, -0.15) is 13.2 Å². The molecule has 2 aromatic carbocycles. The lowest BCUT2D eigenvalue weighted by Crippen LogP contribution is -2.41. The van der Waals surface area contributed by atoms with Crippen molar-refractivity contribution in [3.63, 3.8) is 0 Å². The first-order chi connectivity index (χ1) is 15.8. The number of aliphatic hydroxyl groups excluding tert-OH is 1. The second kappa shape index (κ2) is 9.20. The average Bonchev–Trinajstić information content (AvgIpc) is 3.13. The number of rotatable bonds is 6. The number of carbonyl (C=O) groups is 2. The smallest absolute Gasteiger partial charge is 0.396 e. The topological polar surface area (TPSA) is 96.7 Å². The van der Waals surface area contributed by atoms with Gasteiger partial charge >= 0.3 is 6.18 Å². The number of benzene rings is 2. The van der Waals surface area contributed by atoms with E-state index in [0.29, 0.717) is 42.8 Å². The van der Waals surface area contributed by atoms with E-state index in [-0.39, 0.29) is 30.6 Å². The normalized spacial score (nSPS) is 14.7. The van der Waals surface area contributed by atoms with Crippen molar-refractivity contribution in [2.45, 2.75) is 19.1 Å². The first-order valence-electron chi connectivity index (χ1n) is 10.3. The molecule has 33 heavy (non-hydrogen) atoms. The lowest BCUT2D eigenvalue weighted by atomic mass is 10.1. The highest BCUT2D eigenvalue weighted by Crippen LogP contribution is 2.30. The van der Waals surface area contributed by atoms with Crippen molar-refractivity contribution in [2.75, 3.05) is 36.6 Å². The number of hydrogen-bond acceptors (Lipinski definition) is 5. The summed E-state index contributed by atoms with van der Waals surface area (Å²) >= 11 is 0. The van der Waals surface area contributed by atoms with E-state index >= 15 is 0 Å². The van der Waals surface area contributed by atoms with Crippen LogP contribution < -0.4 is 10.2 Å². The summed E-state index contributed by atoms with van der Waals surface area (Å²) in [5, 5.41) is 11.8. The summed E-state index contributed by atoms with van der Waals surface area (Å²) in [6, 6.07) is 9.32. The predicted molar refractivity (Wildman–Crippen MR) is 114 cm³/mol. The van der Waals surface area contributed by atoms with Crippen molar-refractivity contribution >= 4 is 34.5 Å². The molecule has 0 atom stereocenters. The second-order valence-electron chi connectivity index (χ2n) is 7.47. The summed E-state index contributed by atoms with van der Waals surface area (Å²) in [5.74, 6) is -0.796. The van der Waals surface area contributed by atoms with Crippen LogP contribution in [0.2, 0.25) is 0 Å². The Labute approximate surface area is 186 Å². The summed E-state index contributed by atoms with van der Waals surface area (Å²) in [6.45, 7) is 1.02. The molecule has 1 fully saturated rings. The van der Waals surface area contributed by atoms with E-state index in [1.165, 1.54) is 6.07 Å². The van der Waals surface area contributed by atoms with Gasteiger partial charge in [0.05, 0.1) is 23.2 Å². The van der Waals surface area contributed by atoms with Crippen molar-refractivity contribution < 1.29 is 32.6 Å². The average molecular weight is 462 g/mol. The molecule has 1 saturated heterocycles. The Morgan fingerprint density at radius 3 is 2.76 bits per heavy atom. The van der Waals surface area contributed by atoms with Crippen LogP contribution in [0.3, 0.4) is 0 Å². The van der Waals surface area contributed by atoms with Crippen molar-refractivity contribution in [1.82, 2.24) is 9.55 Å². The van der Waals surface area contributed by atoms with E-state index in [1.54, 1.807) is 27.7 Å². The van der Waals surface area contributed by atoms with E-state index in [1.807, 2.05) is 0 Å². The first-order valence-corrected chi connectivity index (χ1v) is 10.3. The minimum atomic E-state index is -4.57. The Balaban J connectivity index is 1.67. The fraction of sp³-hybridized carbons (Fsp3) is 0.318. The molecule has 0 spiro atoms. The van der Waals surface area contributed by atoms with Gasteiger partial charge in [0.15, 0.2) is 0 Å². The lowest BCUT2D eigenvalue weighted by Gasteiger charge is -2.26. The molecule has 2 N–H and O–H groups in total.